The molecule has 12 heavy (non-hydrogen) atoms. The molecule has 0 aliphatic carbocycles. The maximum Gasteiger partial charge on any atom is 0.269 e. The molecule has 0 radical (unpaired) electrons. The van der Waals surface area contributed by atoms with Crippen molar-refractivity contribution in [1.29, 1.82) is 0 Å². The molecule has 0 unspecified atom stereocenters. The van der Waals surface area contributed by atoms with Crippen LogP contribution in [0.5, 0.6) is 0 Å². The average molecular weight is 171 g/mol. The fourth-order valence-electron chi connectivity index (χ4n) is 1.55. The molecule has 0 bridgehead atoms. The van der Waals surface area contributed by atoms with E-state index in [-0.39, 0.29) is 0 Å². The second-order valence-corrected chi connectivity index (χ2v) is 3.73. The molecule has 0 saturated carbocycles. The van der Waals surface area contributed by atoms with Crippen LogP contribution >= 0.6 is 0 Å². The Hall–Kier alpha value is -0.620. The molecule has 0 atom stereocenters. The van der Waals surface area contributed by atoms with Gasteiger partial charge in [0.15, 0.2) is 5.67 Å². The van der Waals surface area contributed by atoms with Crippen LogP contribution in [-0.4, -0.2) is 24.4 Å². The van der Waals surface area contributed by atoms with Gasteiger partial charge in [-0.1, -0.05) is 0 Å². The molecule has 68 valence electrons. The van der Waals surface area contributed by atoms with Crippen LogP contribution in [0.4, 0.5) is 4.39 Å². The van der Waals surface area contributed by atoms with Gasteiger partial charge in [0.05, 0.1) is 26.1 Å². The van der Waals surface area contributed by atoms with Crippen LogP contribution < -0.4 is 0 Å². The lowest BCUT2D eigenvalue weighted by atomic mass is 9.78. The number of alkyl halides is 1. The maximum atomic E-state index is 13.7. The zero-order valence-electron chi connectivity index (χ0n) is 7.56. The van der Waals surface area contributed by atoms with Gasteiger partial charge in [-0.05, 0) is 13.8 Å². The third-order valence-corrected chi connectivity index (χ3v) is 2.64. The molecule has 1 fully saturated rings. The van der Waals surface area contributed by atoms with Crippen LogP contribution in [0.1, 0.15) is 26.7 Å². The van der Waals surface area contributed by atoms with Crippen LogP contribution in [0, 0.1) is 6.57 Å². The number of hydrogen-bond acceptors (Lipinski definition) is 1. The topological polar surface area (TPSA) is 13.6 Å². The first-order valence-corrected chi connectivity index (χ1v) is 4.17. The summed E-state index contributed by atoms with van der Waals surface area (Å²) in [6, 6.07) is 0. The van der Waals surface area contributed by atoms with Gasteiger partial charge < -0.3 is 9.58 Å². The van der Waals surface area contributed by atoms with Crippen molar-refractivity contribution in [3.8, 4) is 0 Å². The van der Waals surface area contributed by atoms with Gasteiger partial charge in [-0.2, -0.15) is 0 Å². The van der Waals surface area contributed by atoms with E-state index in [1.54, 1.807) is 0 Å². The Balaban J connectivity index is 2.83. The van der Waals surface area contributed by atoms with Gasteiger partial charge in [0.1, 0.15) is 0 Å². The molecule has 1 rings (SSSR count). The third-order valence-electron chi connectivity index (χ3n) is 2.64. The summed E-state index contributed by atoms with van der Waals surface area (Å²) in [5.41, 5.74) is -2.26. The summed E-state index contributed by atoms with van der Waals surface area (Å²) in [7, 11) is 0. The largest absolute Gasteiger partial charge is 0.381 e. The van der Waals surface area contributed by atoms with Crippen molar-refractivity contribution >= 4 is 0 Å². The van der Waals surface area contributed by atoms with Crippen molar-refractivity contribution in [3.05, 3.63) is 11.4 Å². The van der Waals surface area contributed by atoms with Crippen molar-refractivity contribution in [3.63, 3.8) is 0 Å². The Morgan fingerprint density at radius 2 is 1.92 bits per heavy atom. The van der Waals surface area contributed by atoms with Crippen LogP contribution in [0.25, 0.3) is 4.85 Å². The molecule has 1 saturated heterocycles. The minimum absolute atomic E-state index is 0.510. The van der Waals surface area contributed by atoms with E-state index in [9.17, 15) is 4.39 Å². The minimum Gasteiger partial charge on any atom is -0.381 e. The zero-order valence-corrected chi connectivity index (χ0v) is 7.56. The highest BCUT2D eigenvalue weighted by Gasteiger charge is 2.53. The number of rotatable bonds is 1. The van der Waals surface area contributed by atoms with E-state index < -0.39 is 11.2 Å². The second-order valence-electron chi connectivity index (χ2n) is 3.73. The van der Waals surface area contributed by atoms with Gasteiger partial charge in [0.2, 0.25) is 0 Å². The first-order valence-electron chi connectivity index (χ1n) is 4.17. The van der Waals surface area contributed by atoms with Gasteiger partial charge in [0.25, 0.3) is 5.54 Å². The molecule has 1 aliphatic rings. The second kappa shape index (κ2) is 3.02. The highest BCUT2D eigenvalue weighted by molar-refractivity contribution is 5.10. The molecule has 0 aromatic rings. The number of ether oxygens (including phenoxy) is 1. The Bertz CT molecular complexity index is 196. The lowest BCUT2D eigenvalue weighted by Crippen LogP contribution is -2.48. The quantitative estimate of drug-likeness (QED) is 0.551. The lowest BCUT2D eigenvalue weighted by molar-refractivity contribution is 0.00473. The van der Waals surface area contributed by atoms with E-state index in [1.165, 1.54) is 13.8 Å². The van der Waals surface area contributed by atoms with Crippen LogP contribution in [0.3, 0.4) is 0 Å². The molecular weight excluding hydrogens is 157 g/mol. The minimum atomic E-state index is -1.42. The predicted octanol–water partition coefficient (Wildman–Crippen LogP) is 2.20. The zero-order chi connectivity index (χ0) is 9.24. The fraction of sp³-hybridized carbons (Fsp3) is 0.889. The summed E-state index contributed by atoms with van der Waals surface area (Å²) >= 11 is 0. The van der Waals surface area contributed by atoms with Crippen molar-refractivity contribution in [1.82, 2.24) is 0 Å². The Morgan fingerprint density at radius 3 is 2.17 bits per heavy atom. The summed E-state index contributed by atoms with van der Waals surface area (Å²) < 4.78 is 18.8. The average Bonchev–Trinajstić information content (AvgIpc) is 2.04. The molecule has 2 nitrogen and oxygen atoms in total. The molecular formula is C9H14FNO. The summed E-state index contributed by atoms with van der Waals surface area (Å²) in [5.74, 6) is 0. The van der Waals surface area contributed by atoms with Gasteiger partial charge >= 0.3 is 0 Å². The van der Waals surface area contributed by atoms with E-state index >= 15 is 0 Å². The molecule has 3 heteroatoms. The molecule has 0 aromatic heterocycles. The third kappa shape index (κ3) is 1.44. The Labute approximate surface area is 72.5 Å². The lowest BCUT2D eigenvalue weighted by Gasteiger charge is -2.33. The van der Waals surface area contributed by atoms with Crippen LogP contribution in [0.2, 0.25) is 0 Å². The molecule has 0 N–H and O–H groups in total. The molecule has 0 aromatic carbocycles. The summed E-state index contributed by atoms with van der Waals surface area (Å²) in [6.45, 7) is 11.0. The highest BCUT2D eigenvalue weighted by Crippen LogP contribution is 2.38. The van der Waals surface area contributed by atoms with Gasteiger partial charge in [-0.15, -0.1) is 0 Å². The molecule has 1 aliphatic heterocycles. The SMILES string of the molecule is [C-]#[N+]C1(C(C)(C)F)CCOCC1. The van der Waals surface area contributed by atoms with E-state index in [1.807, 2.05) is 0 Å². The predicted molar refractivity (Wildman–Crippen MR) is 44.6 cm³/mol. The number of nitrogens with zero attached hydrogens (tertiary/aromatic N) is 1. The first-order chi connectivity index (χ1) is 5.52. The summed E-state index contributed by atoms with van der Waals surface area (Å²) in [4.78, 5) is 3.45. The molecule has 0 spiro atoms. The van der Waals surface area contributed by atoms with E-state index in [2.05, 4.69) is 4.85 Å². The first kappa shape index (κ1) is 9.47. The number of hydrogen-bond donors (Lipinski definition) is 0. The van der Waals surface area contributed by atoms with Crippen LogP contribution in [0.15, 0.2) is 0 Å². The standard InChI is InChI=1S/C9H14FNO/c1-8(2,10)9(11-3)4-6-12-7-5-9/h4-7H2,1-2H3. The molecule has 0 amide bonds. The summed E-state index contributed by atoms with van der Waals surface area (Å²) in [6.07, 6.45) is 1.03. The van der Waals surface area contributed by atoms with Crippen LogP contribution in [-0.2, 0) is 4.74 Å². The maximum absolute atomic E-state index is 13.7. The van der Waals surface area contributed by atoms with Crippen molar-refractivity contribution in [2.24, 2.45) is 0 Å². The Kier molecular flexibility index (Phi) is 2.39. The molecule has 1 heterocycles. The Morgan fingerprint density at radius 1 is 1.42 bits per heavy atom. The van der Waals surface area contributed by atoms with Gasteiger partial charge in [0, 0.05) is 0 Å². The van der Waals surface area contributed by atoms with Gasteiger partial charge in [-0.3, -0.25) is 0 Å². The smallest absolute Gasteiger partial charge is 0.269 e. The normalized spacial score (nSPS) is 23.2. The van der Waals surface area contributed by atoms with Crippen molar-refractivity contribution in [2.45, 2.75) is 37.9 Å². The number of halogens is 1. The van der Waals surface area contributed by atoms with Gasteiger partial charge in [-0.25, -0.2) is 11.0 Å². The summed E-state index contributed by atoms with van der Waals surface area (Å²) in [5, 5.41) is 0. The monoisotopic (exact) mass is 171 g/mol. The van der Waals surface area contributed by atoms with E-state index in [4.69, 9.17) is 11.3 Å². The van der Waals surface area contributed by atoms with Crippen molar-refractivity contribution in [2.75, 3.05) is 13.2 Å². The fourth-order valence-corrected chi connectivity index (χ4v) is 1.55. The van der Waals surface area contributed by atoms with Crippen molar-refractivity contribution < 1.29 is 9.13 Å². The van der Waals surface area contributed by atoms with E-state index in [0.29, 0.717) is 26.1 Å². The highest BCUT2D eigenvalue weighted by atomic mass is 19.1. The van der Waals surface area contributed by atoms with E-state index in [0.717, 1.165) is 0 Å².